The number of hydrogen-bond donors (Lipinski definition) is 1. The van der Waals surface area contributed by atoms with Crippen molar-refractivity contribution in [1.82, 2.24) is 50.0 Å². The molecule has 0 bridgehead atoms. The molecule has 14 rings (SSSR count). The van der Waals surface area contributed by atoms with Gasteiger partial charge < -0.3 is 42.9 Å². The van der Waals surface area contributed by atoms with Crippen molar-refractivity contribution in [3.05, 3.63) is 359 Å². The van der Waals surface area contributed by atoms with Crippen LogP contribution < -0.4 is 14.8 Å². The third kappa shape index (κ3) is 25.2. The van der Waals surface area contributed by atoms with Gasteiger partial charge in [0.25, 0.3) is 17.7 Å². The number of rotatable bonds is 29. The molecule has 0 spiro atoms. The van der Waals surface area contributed by atoms with E-state index in [2.05, 4.69) is 82.8 Å². The highest BCUT2D eigenvalue weighted by atomic mass is 35.5. The number of anilines is 1. The van der Waals surface area contributed by atoms with E-state index in [-0.39, 0.29) is 29.6 Å². The highest BCUT2D eigenvalue weighted by molar-refractivity contribution is 7.10. The zero-order chi connectivity index (χ0) is 80.8. The van der Waals surface area contributed by atoms with E-state index in [0.29, 0.717) is 122 Å². The number of carbonyl (C=O) groups is 3. The summed E-state index contributed by atoms with van der Waals surface area (Å²) in [5.41, 5.74) is 11.4. The van der Waals surface area contributed by atoms with Gasteiger partial charge in [-0.15, -0.1) is 22.7 Å². The molecule has 3 amide bonds. The molecule has 0 radical (unpaired) electrons. The summed E-state index contributed by atoms with van der Waals surface area (Å²) in [6, 6.07) is 80.0. The lowest BCUT2D eigenvalue weighted by Crippen LogP contribution is -2.30. The van der Waals surface area contributed by atoms with Gasteiger partial charge in [-0.25, -0.2) is 4.39 Å². The Kier molecular flexibility index (Phi) is 30.7. The number of nitriles is 1. The second-order valence-corrected chi connectivity index (χ2v) is 29.2. The predicted molar refractivity (Wildman–Crippen MR) is 443 cm³/mol. The van der Waals surface area contributed by atoms with Crippen molar-refractivity contribution in [2.45, 2.75) is 99.2 Å². The SMILES string of the molecule is CC(=O)Nc1cccc(C(C)N(Cc2ccccc2)Cc2nc(-c3ccc(Cl)cc3)no2)c1.COCc1ccc(C(=O)N(Cc2cccs2)Cc2ccccc2OC)cc1.COc1ccccc1CN(Cc1cccs1)C(=O)c1ccc(-c2nc(C)no2)cc1.Cc1noc(CN(Cc2ccc(C#N)cc2)Cc2cccc(F)c2)n1. The second kappa shape index (κ2) is 42.3. The van der Waals surface area contributed by atoms with Gasteiger partial charge in [0.15, 0.2) is 11.6 Å². The Morgan fingerprint density at radius 2 is 1.06 bits per heavy atom. The minimum atomic E-state index is -0.260. The molecular formula is C90H86ClFN12O9S2. The number of aromatic nitrogens is 6. The summed E-state index contributed by atoms with van der Waals surface area (Å²) >= 11 is 9.27. The molecule has 1 N–H and O–H groups in total. The largest absolute Gasteiger partial charge is 0.496 e. The highest BCUT2D eigenvalue weighted by Crippen LogP contribution is 2.31. The maximum atomic E-state index is 13.5. The zero-order valence-electron chi connectivity index (χ0n) is 64.6. The van der Waals surface area contributed by atoms with Gasteiger partial charge >= 0.3 is 0 Å². The maximum Gasteiger partial charge on any atom is 0.257 e. The molecule has 5 aromatic heterocycles. The Balaban J connectivity index is 0.000000152. The Morgan fingerprint density at radius 3 is 1.62 bits per heavy atom. The topological polar surface area (TPSA) is 244 Å². The van der Waals surface area contributed by atoms with Crippen LogP contribution >= 0.6 is 34.3 Å². The van der Waals surface area contributed by atoms with Crippen LogP contribution in [0.5, 0.6) is 11.5 Å². The summed E-state index contributed by atoms with van der Waals surface area (Å²) in [5, 5.41) is 28.2. The average molecular weight is 1600 g/mol. The van der Waals surface area contributed by atoms with E-state index in [0.717, 1.165) is 71.4 Å². The number of nitrogens with zero attached hydrogens (tertiary/aromatic N) is 11. The van der Waals surface area contributed by atoms with Gasteiger partial charge in [-0.05, 0) is 181 Å². The van der Waals surface area contributed by atoms with Crippen LogP contribution in [0.2, 0.25) is 5.02 Å². The van der Waals surface area contributed by atoms with Crippen LogP contribution in [0.15, 0.2) is 273 Å². The average Bonchev–Trinajstić information content (AvgIpc) is 1.81. The molecule has 0 saturated heterocycles. The second-order valence-electron chi connectivity index (χ2n) is 26.7. The van der Waals surface area contributed by atoms with Crippen molar-refractivity contribution >= 4 is 57.7 Å². The van der Waals surface area contributed by atoms with Crippen LogP contribution in [0.3, 0.4) is 0 Å². The number of benzene rings is 9. The summed E-state index contributed by atoms with van der Waals surface area (Å²) in [7, 11) is 4.95. The normalized spacial score (nSPS) is 11.1. The number of methoxy groups -OCH3 is 3. The molecule has 115 heavy (non-hydrogen) atoms. The van der Waals surface area contributed by atoms with Crippen LogP contribution in [0.1, 0.15) is 118 Å². The number of ether oxygens (including phenoxy) is 3. The van der Waals surface area contributed by atoms with E-state index >= 15 is 0 Å². The minimum Gasteiger partial charge on any atom is -0.496 e. The molecule has 25 heteroatoms. The van der Waals surface area contributed by atoms with E-state index in [4.69, 9.17) is 44.6 Å². The summed E-state index contributed by atoms with van der Waals surface area (Å²) in [5.74, 6) is 4.32. The summed E-state index contributed by atoms with van der Waals surface area (Å²) in [4.78, 5) is 61.4. The minimum absolute atomic E-state index is 0.00160. The number of halogens is 2. The van der Waals surface area contributed by atoms with E-state index in [1.165, 1.54) is 24.6 Å². The molecule has 5 heterocycles. The van der Waals surface area contributed by atoms with Gasteiger partial charge in [-0.3, -0.25) is 24.2 Å². The van der Waals surface area contributed by atoms with Gasteiger partial charge in [-0.1, -0.05) is 154 Å². The number of carbonyl (C=O) groups excluding carboxylic acids is 3. The van der Waals surface area contributed by atoms with Crippen molar-refractivity contribution in [3.8, 4) is 40.4 Å². The Bertz CT molecular complexity index is 5420. The molecule has 21 nitrogen and oxygen atoms in total. The van der Waals surface area contributed by atoms with Crippen molar-refractivity contribution in [1.29, 1.82) is 5.26 Å². The smallest absolute Gasteiger partial charge is 0.257 e. The van der Waals surface area contributed by atoms with Crippen LogP contribution in [-0.2, 0) is 75.0 Å². The predicted octanol–water partition coefficient (Wildman–Crippen LogP) is 19.4. The van der Waals surface area contributed by atoms with E-state index < -0.39 is 0 Å². The molecule has 1 unspecified atom stereocenters. The number of para-hydroxylation sites is 2. The molecule has 14 aromatic rings. The van der Waals surface area contributed by atoms with E-state index in [1.807, 2.05) is 190 Å². The number of nitrogens with one attached hydrogen (secondary N) is 1. The standard InChI is InChI=1S/C26H25ClN4O2.C23H21N3O3S.C22H23NO3S.C19H17FN4O/c1-18(22-9-6-10-24(15-22)28-19(2)32)31(16-20-7-4-3-5-8-20)17-25-29-26(30-33-25)21-11-13-23(27)14-12-21;1-16-24-22(29-25-16)17-9-11-18(12-10-17)23(27)26(15-20-7-5-13-30-20)14-19-6-3-4-8-21(19)28-2;1-25-16-17-9-11-18(12-10-17)22(24)23(15-20-7-5-13-27-20)14-19-6-3-4-8-21(19)26-2;1-14-22-19(25-23-14)13-24(12-17-3-2-4-18(20)9-17)11-16-7-5-15(10-21)6-8-16/h3-15,18H,16-17H2,1-2H3,(H,28,32);3-13H,14-15H2,1-2H3;3-13H,14-16H2,1-2H3;2-9H,11-13H2,1H3. The fraction of sp³-hybridized carbons (Fsp3) is 0.200. The van der Waals surface area contributed by atoms with Crippen molar-refractivity contribution in [2.24, 2.45) is 0 Å². The first kappa shape index (κ1) is 83.3. The fourth-order valence-electron chi connectivity index (χ4n) is 12.4. The summed E-state index contributed by atoms with van der Waals surface area (Å²) < 4.78 is 45.5. The lowest BCUT2D eigenvalue weighted by atomic mass is 10.0. The first-order chi connectivity index (χ1) is 55.9. The van der Waals surface area contributed by atoms with Crippen molar-refractivity contribution in [2.75, 3.05) is 26.6 Å². The summed E-state index contributed by atoms with van der Waals surface area (Å²) in [6.07, 6.45) is 0. The monoisotopic (exact) mass is 1600 g/mol. The maximum absolute atomic E-state index is 13.5. The van der Waals surface area contributed by atoms with Gasteiger partial charge in [-0.2, -0.15) is 20.2 Å². The molecule has 586 valence electrons. The Morgan fingerprint density at radius 1 is 0.522 bits per heavy atom. The van der Waals surface area contributed by atoms with Crippen molar-refractivity contribution in [3.63, 3.8) is 0 Å². The van der Waals surface area contributed by atoms with E-state index in [9.17, 15) is 18.8 Å². The molecule has 0 saturated carbocycles. The highest BCUT2D eigenvalue weighted by Gasteiger charge is 2.24. The number of hydrogen-bond acceptors (Lipinski definition) is 20. The molecular weight excluding hydrogens is 1510 g/mol. The lowest BCUT2D eigenvalue weighted by Gasteiger charge is -2.28. The Hall–Kier alpha value is -12.6. The fourth-order valence-corrected chi connectivity index (χ4v) is 13.9. The number of thiophene rings is 2. The third-order valence-electron chi connectivity index (χ3n) is 18.0. The molecule has 0 aliphatic rings. The number of aryl methyl sites for hydroxylation is 2. The molecule has 9 aromatic carbocycles. The summed E-state index contributed by atoms with van der Waals surface area (Å²) in [6.45, 7) is 12.5. The first-order valence-electron chi connectivity index (χ1n) is 36.8. The van der Waals surface area contributed by atoms with Gasteiger partial charge in [0.1, 0.15) is 17.3 Å². The Labute approximate surface area is 680 Å². The quantitative estimate of drug-likeness (QED) is 0.0458. The zero-order valence-corrected chi connectivity index (χ0v) is 67.0. The van der Waals surface area contributed by atoms with Gasteiger partial charge in [0, 0.05) is 93.6 Å². The molecule has 0 aliphatic heterocycles. The van der Waals surface area contributed by atoms with Crippen LogP contribution in [-0.4, -0.2) is 89.1 Å². The van der Waals surface area contributed by atoms with Crippen LogP contribution in [0.4, 0.5) is 10.1 Å². The van der Waals surface area contributed by atoms with Gasteiger partial charge in [0.05, 0.1) is 71.7 Å². The first-order valence-corrected chi connectivity index (χ1v) is 38.9. The van der Waals surface area contributed by atoms with Crippen LogP contribution in [0, 0.1) is 31.0 Å². The van der Waals surface area contributed by atoms with Gasteiger partial charge in [0.2, 0.25) is 23.5 Å². The molecule has 0 aliphatic carbocycles. The molecule has 0 fully saturated rings. The van der Waals surface area contributed by atoms with E-state index in [1.54, 1.807) is 100 Å². The third-order valence-corrected chi connectivity index (χ3v) is 20.0. The van der Waals surface area contributed by atoms with Crippen LogP contribution in [0.25, 0.3) is 22.8 Å². The lowest BCUT2D eigenvalue weighted by molar-refractivity contribution is -0.114. The van der Waals surface area contributed by atoms with Crippen molar-refractivity contribution < 1.29 is 46.6 Å². The number of amides is 3. The molecule has 1 atom stereocenters.